The van der Waals surface area contributed by atoms with E-state index in [0.717, 1.165) is 11.1 Å². The molecule has 1 aromatic rings. The largest absolute Gasteiger partial charge is 0.481 e. The number of carboxylic acids is 1. The predicted molar refractivity (Wildman–Crippen MR) is 67.6 cm³/mol. The van der Waals surface area contributed by atoms with Gasteiger partial charge in [-0.25, -0.2) is 0 Å². The number of nitrogens with one attached hydrogen (secondary N) is 1. The van der Waals surface area contributed by atoms with E-state index in [1.165, 1.54) is 0 Å². The van der Waals surface area contributed by atoms with E-state index in [-0.39, 0.29) is 6.04 Å². The number of carboxylic acid groups (broad SMARTS) is 1. The molecule has 0 saturated carbocycles. The van der Waals surface area contributed by atoms with Crippen LogP contribution in [0.2, 0.25) is 0 Å². The summed E-state index contributed by atoms with van der Waals surface area (Å²) in [7, 11) is 0. The SMILES string of the molecule is C#CC(C)NCc1ccc(C(C)C(=O)O)cc1. The van der Waals surface area contributed by atoms with E-state index >= 15 is 0 Å². The molecule has 0 aliphatic rings. The normalized spacial score (nSPS) is 13.7. The van der Waals surface area contributed by atoms with Crippen molar-refractivity contribution in [2.45, 2.75) is 32.4 Å². The van der Waals surface area contributed by atoms with Crippen LogP contribution in [0.4, 0.5) is 0 Å². The Morgan fingerprint density at radius 3 is 2.47 bits per heavy atom. The molecule has 0 bridgehead atoms. The molecule has 0 aliphatic carbocycles. The van der Waals surface area contributed by atoms with Crippen LogP contribution >= 0.6 is 0 Å². The summed E-state index contributed by atoms with van der Waals surface area (Å²) < 4.78 is 0. The molecule has 0 saturated heterocycles. The molecule has 0 amide bonds. The monoisotopic (exact) mass is 231 g/mol. The van der Waals surface area contributed by atoms with Gasteiger partial charge in [0.05, 0.1) is 12.0 Å². The fraction of sp³-hybridized carbons (Fsp3) is 0.357. The quantitative estimate of drug-likeness (QED) is 0.762. The summed E-state index contributed by atoms with van der Waals surface area (Å²) in [5.74, 6) is 1.31. The molecule has 2 atom stereocenters. The van der Waals surface area contributed by atoms with Crippen molar-refractivity contribution in [3.8, 4) is 12.3 Å². The summed E-state index contributed by atoms with van der Waals surface area (Å²) in [5, 5.41) is 12.0. The van der Waals surface area contributed by atoms with Crippen LogP contribution in [0.1, 0.15) is 30.9 Å². The Labute approximate surface area is 102 Å². The first kappa shape index (κ1) is 13.3. The molecule has 1 aromatic carbocycles. The molecule has 2 unspecified atom stereocenters. The van der Waals surface area contributed by atoms with Crippen LogP contribution in [0.15, 0.2) is 24.3 Å². The van der Waals surface area contributed by atoms with Gasteiger partial charge in [-0.2, -0.15) is 0 Å². The van der Waals surface area contributed by atoms with E-state index in [0.29, 0.717) is 6.54 Å². The Hall–Kier alpha value is -1.79. The number of hydrogen-bond acceptors (Lipinski definition) is 2. The van der Waals surface area contributed by atoms with Crippen LogP contribution in [-0.2, 0) is 11.3 Å². The lowest BCUT2D eigenvalue weighted by molar-refractivity contribution is -0.138. The number of aliphatic carboxylic acids is 1. The van der Waals surface area contributed by atoms with E-state index in [1.54, 1.807) is 6.92 Å². The molecular weight excluding hydrogens is 214 g/mol. The summed E-state index contributed by atoms with van der Waals surface area (Å²) in [4.78, 5) is 10.8. The highest BCUT2D eigenvalue weighted by atomic mass is 16.4. The van der Waals surface area contributed by atoms with Crippen LogP contribution in [0.5, 0.6) is 0 Å². The van der Waals surface area contributed by atoms with Crippen LogP contribution in [0, 0.1) is 12.3 Å². The smallest absolute Gasteiger partial charge is 0.310 e. The van der Waals surface area contributed by atoms with Gasteiger partial charge in [0.15, 0.2) is 0 Å². The van der Waals surface area contributed by atoms with E-state index < -0.39 is 11.9 Å². The first-order valence-corrected chi connectivity index (χ1v) is 5.55. The van der Waals surface area contributed by atoms with E-state index in [1.807, 2.05) is 31.2 Å². The number of benzene rings is 1. The molecule has 0 aromatic heterocycles. The highest BCUT2D eigenvalue weighted by Crippen LogP contribution is 2.15. The van der Waals surface area contributed by atoms with Crippen molar-refractivity contribution in [2.24, 2.45) is 0 Å². The van der Waals surface area contributed by atoms with Gasteiger partial charge in [-0.15, -0.1) is 6.42 Å². The van der Waals surface area contributed by atoms with E-state index in [2.05, 4.69) is 11.2 Å². The molecule has 0 radical (unpaired) electrons. The van der Waals surface area contributed by atoms with Gasteiger partial charge in [0, 0.05) is 6.54 Å². The van der Waals surface area contributed by atoms with Crippen LogP contribution in [-0.4, -0.2) is 17.1 Å². The molecule has 1 rings (SSSR count). The minimum absolute atomic E-state index is 0.0348. The number of carbonyl (C=O) groups is 1. The first-order valence-electron chi connectivity index (χ1n) is 5.55. The number of rotatable bonds is 5. The minimum atomic E-state index is -0.808. The number of hydrogen-bond donors (Lipinski definition) is 2. The number of terminal acetylenes is 1. The zero-order valence-electron chi connectivity index (χ0n) is 10.1. The van der Waals surface area contributed by atoms with Gasteiger partial charge in [0.25, 0.3) is 0 Å². The maximum absolute atomic E-state index is 10.8. The van der Waals surface area contributed by atoms with Crippen LogP contribution in [0.25, 0.3) is 0 Å². The third kappa shape index (κ3) is 3.93. The summed E-state index contributed by atoms with van der Waals surface area (Å²) in [6.07, 6.45) is 5.26. The van der Waals surface area contributed by atoms with Gasteiger partial charge < -0.3 is 5.11 Å². The molecule has 0 spiro atoms. The second-order valence-corrected chi connectivity index (χ2v) is 4.07. The maximum Gasteiger partial charge on any atom is 0.310 e. The molecule has 3 heteroatoms. The van der Waals surface area contributed by atoms with Gasteiger partial charge in [-0.1, -0.05) is 30.2 Å². The van der Waals surface area contributed by atoms with Gasteiger partial charge >= 0.3 is 5.97 Å². The molecule has 3 nitrogen and oxygen atoms in total. The fourth-order valence-corrected chi connectivity index (χ4v) is 1.40. The lowest BCUT2D eigenvalue weighted by atomic mass is 10.00. The lowest BCUT2D eigenvalue weighted by Crippen LogP contribution is -2.23. The fourth-order valence-electron chi connectivity index (χ4n) is 1.40. The Morgan fingerprint density at radius 1 is 1.41 bits per heavy atom. The first-order chi connectivity index (χ1) is 8.04. The Bertz CT molecular complexity index is 417. The average Bonchev–Trinajstić information content (AvgIpc) is 2.35. The van der Waals surface area contributed by atoms with Crippen molar-refractivity contribution in [1.29, 1.82) is 0 Å². The third-order valence-corrected chi connectivity index (χ3v) is 2.71. The minimum Gasteiger partial charge on any atom is -0.481 e. The Balaban J connectivity index is 2.63. The Kier molecular flexibility index (Phi) is 4.74. The summed E-state index contributed by atoms with van der Waals surface area (Å²) in [6, 6.07) is 7.57. The van der Waals surface area contributed by atoms with Crippen molar-refractivity contribution in [3.05, 3.63) is 35.4 Å². The highest BCUT2D eigenvalue weighted by molar-refractivity contribution is 5.75. The second kappa shape index (κ2) is 6.07. The second-order valence-electron chi connectivity index (χ2n) is 4.07. The van der Waals surface area contributed by atoms with Crippen LogP contribution < -0.4 is 5.32 Å². The van der Waals surface area contributed by atoms with Gasteiger partial charge in [-0.05, 0) is 25.0 Å². The molecule has 0 aliphatic heterocycles. The van der Waals surface area contributed by atoms with Crippen molar-refractivity contribution in [2.75, 3.05) is 0 Å². The van der Waals surface area contributed by atoms with Crippen molar-refractivity contribution in [1.82, 2.24) is 5.32 Å². The molecule has 17 heavy (non-hydrogen) atoms. The average molecular weight is 231 g/mol. The van der Waals surface area contributed by atoms with Gasteiger partial charge in [0.2, 0.25) is 0 Å². The van der Waals surface area contributed by atoms with Gasteiger partial charge in [0.1, 0.15) is 0 Å². The lowest BCUT2D eigenvalue weighted by Gasteiger charge is -2.10. The predicted octanol–water partition coefficient (Wildman–Crippen LogP) is 1.99. The molecule has 0 fully saturated rings. The summed E-state index contributed by atoms with van der Waals surface area (Å²) in [6.45, 7) is 4.28. The third-order valence-electron chi connectivity index (χ3n) is 2.71. The zero-order valence-corrected chi connectivity index (χ0v) is 10.1. The van der Waals surface area contributed by atoms with E-state index in [4.69, 9.17) is 11.5 Å². The Morgan fingerprint density at radius 2 is 2.00 bits per heavy atom. The zero-order chi connectivity index (χ0) is 12.8. The van der Waals surface area contributed by atoms with Crippen molar-refractivity contribution < 1.29 is 9.90 Å². The standard InChI is InChI=1S/C14H17NO2/c1-4-10(2)15-9-12-5-7-13(8-6-12)11(3)14(16)17/h1,5-8,10-11,15H,9H2,2-3H3,(H,16,17). The highest BCUT2D eigenvalue weighted by Gasteiger charge is 2.12. The summed E-state index contributed by atoms with van der Waals surface area (Å²) in [5.41, 5.74) is 1.90. The molecular formula is C14H17NO2. The topological polar surface area (TPSA) is 49.3 Å². The van der Waals surface area contributed by atoms with Crippen molar-refractivity contribution in [3.63, 3.8) is 0 Å². The van der Waals surface area contributed by atoms with Gasteiger partial charge in [-0.3, -0.25) is 10.1 Å². The molecule has 2 N–H and O–H groups in total. The summed E-state index contributed by atoms with van der Waals surface area (Å²) >= 11 is 0. The maximum atomic E-state index is 10.8. The van der Waals surface area contributed by atoms with E-state index in [9.17, 15) is 4.79 Å². The molecule has 0 heterocycles. The molecule has 90 valence electrons. The van der Waals surface area contributed by atoms with Crippen molar-refractivity contribution >= 4 is 5.97 Å². The van der Waals surface area contributed by atoms with Crippen LogP contribution in [0.3, 0.4) is 0 Å².